The zero-order valence-corrected chi connectivity index (χ0v) is 12.5. The normalized spacial score (nSPS) is 10.3. The monoisotopic (exact) mass is 305 g/mol. The van der Waals surface area contributed by atoms with Gasteiger partial charge in [-0.2, -0.15) is 0 Å². The van der Waals surface area contributed by atoms with Crippen LogP contribution in [0.15, 0.2) is 73.3 Å². The Kier molecular flexibility index (Phi) is 4.43. The van der Waals surface area contributed by atoms with Gasteiger partial charge in [-0.25, -0.2) is 14.4 Å². The van der Waals surface area contributed by atoms with Crippen LogP contribution < -0.4 is 5.32 Å². The number of rotatable bonds is 5. The highest BCUT2D eigenvalue weighted by atomic mass is 19.1. The number of aromatic nitrogens is 2. The Bertz CT molecular complexity index is 816. The fourth-order valence-corrected chi connectivity index (χ4v) is 2.24. The average molecular weight is 305 g/mol. The lowest BCUT2D eigenvalue weighted by Crippen LogP contribution is -2.03. The SMILES string of the molecule is C=CCNc1cc(-c2ccccc2F)nc(-c2ccccc2)n1. The van der Waals surface area contributed by atoms with Gasteiger partial charge in [0, 0.05) is 23.7 Å². The number of benzene rings is 2. The van der Waals surface area contributed by atoms with Crippen molar-refractivity contribution in [3.8, 4) is 22.6 Å². The molecule has 4 heteroatoms. The average Bonchev–Trinajstić information content (AvgIpc) is 2.61. The maximum atomic E-state index is 14.1. The summed E-state index contributed by atoms with van der Waals surface area (Å²) in [6.07, 6.45) is 1.74. The standard InChI is InChI=1S/C19H16FN3/c1-2-12-21-18-13-17(15-10-6-7-11-16(15)20)22-19(23-18)14-8-4-3-5-9-14/h2-11,13H,1,12H2,(H,21,22,23). The molecule has 0 unspecified atom stereocenters. The second-order valence-corrected chi connectivity index (χ2v) is 4.98. The molecule has 0 amide bonds. The second-order valence-electron chi connectivity index (χ2n) is 4.98. The molecule has 3 nitrogen and oxygen atoms in total. The molecule has 114 valence electrons. The van der Waals surface area contributed by atoms with E-state index in [9.17, 15) is 4.39 Å². The van der Waals surface area contributed by atoms with E-state index in [1.807, 2.05) is 30.3 Å². The lowest BCUT2D eigenvalue weighted by molar-refractivity contribution is 0.630. The first-order valence-corrected chi connectivity index (χ1v) is 7.32. The Balaban J connectivity index is 2.12. The van der Waals surface area contributed by atoms with E-state index in [0.717, 1.165) is 5.56 Å². The molecular formula is C19H16FN3. The predicted octanol–water partition coefficient (Wildman–Crippen LogP) is 4.55. The number of halogens is 1. The van der Waals surface area contributed by atoms with Crippen LogP contribution >= 0.6 is 0 Å². The number of nitrogens with one attached hydrogen (secondary N) is 1. The van der Waals surface area contributed by atoms with Gasteiger partial charge in [0.1, 0.15) is 11.6 Å². The van der Waals surface area contributed by atoms with Crippen LogP contribution in [0.25, 0.3) is 22.6 Å². The first-order chi connectivity index (χ1) is 11.3. The summed E-state index contributed by atoms with van der Waals surface area (Å²) in [6, 6.07) is 18.0. The van der Waals surface area contributed by atoms with Crippen LogP contribution in [0.4, 0.5) is 10.2 Å². The van der Waals surface area contributed by atoms with E-state index >= 15 is 0 Å². The molecule has 1 aromatic heterocycles. The van der Waals surface area contributed by atoms with Crippen molar-refractivity contribution in [3.63, 3.8) is 0 Å². The number of hydrogen-bond donors (Lipinski definition) is 1. The predicted molar refractivity (Wildman–Crippen MR) is 91.5 cm³/mol. The Hall–Kier alpha value is -3.01. The van der Waals surface area contributed by atoms with Crippen LogP contribution in [-0.2, 0) is 0 Å². The minimum atomic E-state index is -0.306. The minimum absolute atomic E-state index is 0.306. The summed E-state index contributed by atoms with van der Waals surface area (Å²) >= 11 is 0. The molecule has 3 aromatic rings. The molecule has 1 N–H and O–H groups in total. The topological polar surface area (TPSA) is 37.8 Å². The molecule has 0 saturated heterocycles. The van der Waals surface area contributed by atoms with E-state index in [-0.39, 0.29) is 5.82 Å². The lowest BCUT2D eigenvalue weighted by atomic mass is 10.1. The Labute approximate surface area is 134 Å². The van der Waals surface area contributed by atoms with Crippen LogP contribution in [0.5, 0.6) is 0 Å². The highest BCUT2D eigenvalue weighted by molar-refractivity contribution is 5.67. The van der Waals surface area contributed by atoms with Gasteiger partial charge in [-0.05, 0) is 12.1 Å². The van der Waals surface area contributed by atoms with Crippen molar-refractivity contribution in [3.05, 3.63) is 79.1 Å². The Morgan fingerprint density at radius 1 is 1.00 bits per heavy atom. The van der Waals surface area contributed by atoms with Crippen LogP contribution in [0.3, 0.4) is 0 Å². The quantitative estimate of drug-likeness (QED) is 0.703. The van der Waals surface area contributed by atoms with Crippen LogP contribution in [-0.4, -0.2) is 16.5 Å². The van der Waals surface area contributed by atoms with Crippen molar-refractivity contribution in [2.45, 2.75) is 0 Å². The molecule has 0 saturated carbocycles. The maximum Gasteiger partial charge on any atom is 0.162 e. The third kappa shape index (κ3) is 3.43. The van der Waals surface area contributed by atoms with Gasteiger partial charge in [0.15, 0.2) is 5.82 Å². The Morgan fingerprint density at radius 3 is 2.48 bits per heavy atom. The third-order valence-electron chi connectivity index (χ3n) is 3.34. The zero-order valence-electron chi connectivity index (χ0n) is 12.5. The molecule has 3 rings (SSSR count). The van der Waals surface area contributed by atoms with Gasteiger partial charge in [-0.1, -0.05) is 48.5 Å². The van der Waals surface area contributed by atoms with Crippen molar-refractivity contribution in [2.24, 2.45) is 0 Å². The molecule has 0 atom stereocenters. The number of hydrogen-bond acceptors (Lipinski definition) is 3. The van der Waals surface area contributed by atoms with Gasteiger partial charge < -0.3 is 5.32 Å². The maximum absolute atomic E-state index is 14.1. The van der Waals surface area contributed by atoms with Crippen LogP contribution in [0.2, 0.25) is 0 Å². The summed E-state index contributed by atoms with van der Waals surface area (Å²) < 4.78 is 14.1. The molecule has 23 heavy (non-hydrogen) atoms. The molecule has 1 heterocycles. The van der Waals surface area contributed by atoms with Crippen molar-refractivity contribution in [2.75, 3.05) is 11.9 Å². The van der Waals surface area contributed by atoms with E-state index in [1.165, 1.54) is 6.07 Å². The largest absolute Gasteiger partial charge is 0.366 e. The van der Waals surface area contributed by atoms with E-state index in [0.29, 0.717) is 29.4 Å². The van der Waals surface area contributed by atoms with E-state index in [1.54, 1.807) is 30.3 Å². The smallest absolute Gasteiger partial charge is 0.162 e. The molecule has 0 spiro atoms. The molecule has 0 bridgehead atoms. The van der Waals surface area contributed by atoms with Crippen molar-refractivity contribution in [1.82, 2.24) is 9.97 Å². The second kappa shape index (κ2) is 6.83. The summed E-state index contributed by atoms with van der Waals surface area (Å²) in [5.74, 6) is 0.884. The van der Waals surface area contributed by atoms with Crippen molar-refractivity contribution >= 4 is 5.82 Å². The molecule has 0 radical (unpaired) electrons. The lowest BCUT2D eigenvalue weighted by Gasteiger charge is -2.10. The van der Waals surface area contributed by atoms with Crippen LogP contribution in [0, 0.1) is 5.82 Å². The van der Waals surface area contributed by atoms with E-state index < -0.39 is 0 Å². The number of anilines is 1. The molecular weight excluding hydrogens is 289 g/mol. The van der Waals surface area contributed by atoms with E-state index in [2.05, 4.69) is 21.9 Å². The van der Waals surface area contributed by atoms with Gasteiger partial charge in [0.2, 0.25) is 0 Å². The van der Waals surface area contributed by atoms with E-state index in [4.69, 9.17) is 0 Å². The minimum Gasteiger partial charge on any atom is -0.366 e. The van der Waals surface area contributed by atoms with Gasteiger partial charge in [0.25, 0.3) is 0 Å². The first-order valence-electron chi connectivity index (χ1n) is 7.32. The molecule has 0 aliphatic heterocycles. The summed E-state index contributed by atoms with van der Waals surface area (Å²) in [6.45, 7) is 4.26. The fraction of sp³-hybridized carbons (Fsp3) is 0.0526. The van der Waals surface area contributed by atoms with Crippen molar-refractivity contribution in [1.29, 1.82) is 0 Å². The molecule has 2 aromatic carbocycles. The fourth-order valence-electron chi connectivity index (χ4n) is 2.24. The first kappa shape index (κ1) is 14.9. The highest BCUT2D eigenvalue weighted by Gasteiger charge is 2.11. The zero-order chi connectivity index (χ0) is 16.1. The summed E-state index contributed by atoms with van der Waals surface area (Å²) in [4.78, 5) is 9.03. The van der Waals surface area contributed by atoms with Gasteiger partial charge in [-0.3, -0.25) is 0 Å². The summed E-state index contributed by atoms with van der Waals surface area (Å²) in [5.41, 5.74) is 1.88. The number of nitrogens with zero attached hydrogens (tertiary/aromatic N) is 2. The molecule has 0 fully saturated rings. The van der Waals surface area contributed by atoms with Gasteiger partial charge in [-0.15, -0.1) is 6.58 Å². The Morgan fingerprint density at radius 2 is 1.74 bits per heavy atom. The highest BCUT2D eigenvalue weighted by Crippen LogP contribution is 2.26. The summed E-state index contributed by atoms with van der Waals surface area (Å²) in [5, 5.41) is 3.14. The summed E-state index contributed by atoms with van der Waals surface area (Å²) in [7, 11) is 0. The molecule has 0 aliphatic carbocycles. The van der Waals surface area contributed by atoms with Gasteiger partial charge >= 0.3 is 0 Å². The molecule has 0 aliphatic rings. The van der Waals surface area contributed by atoms with Crippen molar-refractivity contribution < 1.29 is 4.39 Å². The van der Waals surface area contributed by atoms with Gasteiger partial charge in [0.05, 0.1) is 5.69 Å². The third-order valence-corrected chi connectivity index (χ3v) is 3.34. The van der Waals surface area contributed by atoms with Crippen LogP contribution in [0.1, 0.15) is 0 Å².